The lowest BCUT2D eigenvalue weighted by Gasteiger charge is -2.17. The van der Waals surface area contributed by atoms with E-state index in [9.17, 15) is 0 Å². The Labute approximate surface area is 132 Å². The smallest absolute Gasteiger partial charge is 0.143 e. The molecule has 4 heteroatoms. The minimum absolute atomic E-state index is 0.776. The third kappa shape index (κ3) is 2.70. The van der Waals surface area contributed by atoms with Crippen LogP contribution in [0.1, 0.15) is 31.2 Å². The summed E-state index contributed by atoms with van der Waals surface area (Å²) in [4.78, 5) is 4.58. The van der Waals surface area contributed by atoms with Crippen LogP contribution in [0.25, 0.3) is 11.4 Å². The van der Waals surface area contributed by atoms with Crippen molar-refractivity contribution in [2.45, 2.75) is 39.2 Å². The molecule has 0 spiro atoms. The fourth-order valence-corrected chi connectivity index (χ4v) is 3.51. The van der Waals surface area contributed by atoms with E-state index in [1.54, 1.807) is 14.2 Å². The first kappa shape index (κ1) is 14.9. The van der Waals surface area contributed by atoms with Crippen LogP contribution >= 0.6 is 0 Å². The highest BCUT2D eigenvalue weighted by Gasteiger charge is 2.20. The number of methoxy groups -OCH3 is 2. The first-order valence-corrected chi connectivity index (χ1v) is 7.97. The molecule has 118 valence electrons. The van der Waals surface area contributed by atoms with Crippen LogP contribution in [-0.4, -0.2) is 23.8 Å². The number of benzene rings is 1. The molecule has 1 aliphatic rings. The van der Waals surface area contributed by atoms with Crippen molar-refractivity contribution >= 4 is 0 Å². The van der Waals surface area contributed by atoms with E-state index in [-0.39, 0.29) is 0 Å². The van der Waals surface area contributed by atoms with Gasteiger partial charge >= 0.3 is 0 Å². The van der Waals surface area contributed by atoms with Crippen LogP contribution in [0.15, 0.2) is 24.5 Å². The van der Waals surface area contributed by atoms with Gasteiger partial charge in [-0.15, -0.1) is 0 Å². The van der Waals surface area contributed by atoms with Gasteiger partial charge in [0.15, 0.2) is 0 Å². The predicted octanol–water partition coefficient (Wildman–Crippen LogP) is 4.07. The molecule has 3 rings (SSSR count). The molecule has 0 saturated heterocycles. The molecule has 1 aliphatic carbocycles. The fourth-order valence-electron chi connectivity index (χ4n) is 3.51. The van der Waals surface area contributed by atoms with E-state index in [2.05, 4.69) is 15.7 Å². The van der Waals surface area contributed by atoms with Gasteiger partial charge in [-0.2, -0.15) is 0 Å². The van der Waals surface area contributed by atoms with Crippen LogP contribution in [0.3, 0.4) is 0 Å². The van der Waals surface area contributed by atoms with Crippen LogP contribution in [0.2, 0.25) is 0 Å². The van der Waals surface area contributed by atoms with Gasteiger partial charge in [-0.25, -0.2) is 4.98 Å². The fraction of sp³-hybridized carbons (Fsp3) is 0.500. The molecule has 1 saturated carbocycles. The van der Waals surface area contributed by atoms with Crippen molar-refractivity contribution in [1.82, 2.24) is 9.55 Å². The molecule has 1 aromatic carbocycles. The Morgan fingerprint density at radius 3 is 2.64 bits per heavy atom. The molecule has 4 nitrogen and oxygen atoms in total. The number of ether oxygens (including phenoxy) is 2. The maximum Gasteiger partial charge on any atom is 0.143 e. The van der Waals surface area contributed by atoms with Crippen molar-refractivity contribution in [3.8, 4) is 22.9 Å². The van der Waals surface area contributed by atoms with Crippen molar-refractivity contribution in [2.75, 3.05) is 14.2 Å². The number of nitrogens with zero attached hydrogens (tertiary/aromatic N) is 2. The Morgan fingerprint density at radius 2 is 1.95 bits per heavy atom. The Hall–Kier alpha value is -1.97. The van der Waals surface area contributed by atoms with Gasteiger partial charge < -0.3 is 14.0 Å². The zero-order chi connectivity index (χ0) is 15.5. The molecule has 0 radical (unpaired) electrons. The molecule has 1 heterocycles. The van der Waals surface area contributed by atoms with Crippen molar-refractivity contribution in [3.05, 3.63) is 30.1 Å². The summed E-state index contributed by atoms with van der Waals surface area (Å²) in [5.41, 5.74) is 2.04. The number of aromatic nitrogens is 2. The SMILES string of the molecule is COc1ccc(-c2nccn2CC2CCCC2)c(OC)c1C. The summed E-state index contributed by atoms with van der Waals surface area (Å²) in [6.45, 7) is 3.06. The summed E-state index contributed by atoms with van der Waals surface area (Å²) in [5.74, 6) is 3.44. The van der Waals surface area contributed by atoms with Crippen LogP contribution in [0.5, 0.6) is 11.5 Å². The highest BCUT2D eigenvalue weighted by atomic mass is 16.5. The van der Waals surface area contributed by atoms with Crippen molar-refractivity contribution in [1.29, 1.82) is 0 Å². The quantitative estimate of drug-likeness (QED) is 0.835. The van der Waals surface area contributed by atoms with Gasteiger partial charge in [0, 0.05) is 24.5 Å². The first-order valence-electron chi connectivity index (χ1n) is 7.97. The molecule has 2 aromatic rings. The van der Waals surface area contributed by atoms with Crippen molar-refractivity contribution in [2.24, 2.45) is 5.92 Å². The van der Waals surface area contributed by atoms with Crippen molar-refractivity contribution < 1.29 is 9.47 Å². The van der Waals surface area contributed by atoms with Gasteiger partial charge in [0.25, 0.3) is 0 Å². The minimum atomic E-state index is 0.776. The monoisotopic (exact) mass is 300 g/mol. The Balaban J connectivity index is 1.97. The molecule has 1 fully saturated rings. The maximum absolute atomic E-state index is 5.63. The summed E-state index contributed by atoms with van der Waals surface area (Å²) in [6, 6.07) is 4.03. The minimum Gasteiger partial charge on any atom is -0.496 e. The van der Waals surface area contributed by atoms with E-state index >= 15 is 0 Å². The second-order valence-corrected chi connectivity index (χ2v) is 6.03. The van der Waals surface area contributed by atoms with Gasteiger partial charge in [0.05, 0.1) is 19.8 Å². The van der Waals surface area contributed by atoms with Crippen molar-refractivity contribution in [3.63, 3.8) is 0 Å². The molecule has 0 unspecified atom stereocenters. The number of imidazole rings is 1. The normalized spacial score (nSPS) is 15.2. The summed E-state index contributed by atoms with van der Waals surface area (Å²) < 4.78 is 13.3. The lowest BCUT2D eigenvalue weighted by molar-refractivity contribution is 0.389. The number of rotatable bonds is 5. The molecular weight excluding hydrogens is 276 g/mol. The molecule has 0 atom stereocenters. The second kappa shape index (κ2) is 6.42. The van der Waals surface area contributed by atoms with Crippen LogP contribution in [-0.2, 0) is 6.54 Å². The van der Waals surface area contributed by atoms with E-state index in [1.807, 2.05) is 25.3 Å². The number of hydrogen-bond acceptors (Lipinski definition) is 3. The van der Waals surface area contributed by atoms with E-state index in [0.29, 0.717) is 0 Å². The molecule has 0 N–H and O–H groups in total. The average molecular weight is 300 g/mol. The van der Waals surface area contributed by atoms with Crippen LogP contribution in [0, 0.1) is 12.8 Å². The Bertz CT molecular complexity index is 643. The topological polar surface area (TPSA) is 36.3 Å². The first-order chi connectivity index (χ1) is 10.7. The third-order valence-electron chi connectivity index (χ3n) is 4.67. The predicted molar refractivity (Wildman–Crippen MR) is 87.5 cm³/mol. The van der Waals surface area contributed by atoms with Gasteiger partial charge in [-0.1, -0.05) is 12.8 Å². The number of hydrogen-bond donors (Lipinski definition) is 0. The largest absolute Gasteiger partial charge is 0.496 e. The molecule has 0 bridgehead atoms. The van der Waals surface area contributed by atoms with Crippen LogP contribution < -0.4 is 9.47 Å². The van der Waals surface area contributed by atoms with Gasteiger partial charge in [0.2, 0.25) is 0 Å². The third-order valence-corrected chi connectivity index (χ3v) is 4.67. The lowest BCUT2D eigenvalue weighted by Crippen LogP contribution is -2.08. The molecular formula is C18H24N2O2. The summed E-state index contributed by atoms with van der Waals surface area (Å²) in [7, 11) is 3.39. The lowest BCUT2D eigenvalue weighted by atomic mass is 10.1. The van der Waals surface area contributed by atoms with Gasteiger partial charge in [-0.05, 0) is 37.8 Å². The van der Waals surface area contributed by atoms with Gasteiger partial charge in [0.1, 0.15) is 17.3 Å². The Kier molecular flexibility index (Phi) is 4.36. The van der Waals surface area contributed by atoms with E-state index in [0.717, 1.165) is 40.9 Å². The summed E-state index contributed by atoms with van der Waals surface area (Å²) in [5, 5.41) is 0. The molecule has 0 aliphatic heterocycles. The molecule has 0 amide bonds. The standard InChI is InChI=1S/C18H24N2O2/c1-13-16(21-2)9-8-15(17(13)22-3)18-19-10-11-20(18)12-14-6-4-5-7-14/h8-11,14H,4-7,12H2,1-3H3. The van der Waals surface area contributed by atoms with E-state index < -0.39 is 0 Å². The maximum atomic E-state index is 5.63. The zero-order valence-electron chi connectivity index (χ0n) is 13.6. The van der Waals surface area contributed by atoms with E-state index in [4.69, 9.17) is 9.47 Å². The molecule has 22 heavy (non-hydrogen) atoms. The second-order valence-electron chi connectivity index (χ2n) is 6.03. The summed E-state index contributed by atoms with van der Waals surface area (Å²) in [6.07, 6.45) is 9.34. The zero-order valence-corrected chi connectivity index (χ0v) is 13.6. The van der Waals surface area contributed by atoms with Gasteiger partial charge in [-0.3, -0.25) is 0 Å². The average Bonchev–Trinajstić information content (AvgIpc) is 3.19. The summed E-state index contributed by atoms with van der Waals surface area (Å²) >= 11 is 0. The highest BCUT2D eigenvalue weighted by molar-refractivity contribution is 5.69. The highest BCUT2D eigenvalue weighted by Crippen LogP contribution is 2.37. The molecule has 1 aromatic heterocycles. The Morgan fingerprint density at radius 1 is 1.18 bits per heavy atom. The van der Waals surface area contributed by atoms with Crippen LogP contribution in [0.4, 0.5) is 0 Å². The van der Waals surface area contributed by atoms with E-state index in [1.165, 1.54) is 25.7 Å².